The predicted molar refractivity (Wildman–Crippen MR) is 139 cm³/mol. The first-order valence-corrected chi connectivity index (χ1v) is 12.0. The smallest absolute Gasteiger partial charge is 0.338 e. The lowest BCUT2D eigenvalue weighted by molar-refractivity contribution is 0.0493. The maximum Gasteiger partial charge on any atom is 0.338 e. The first-order valence-electron chi connectivity index (χ1n) is 12.0. The highest BCUT2D eigenvalue weighted by Gasteiger charge is 2.19. The van der Waals surface area contributed by atoms with Crippen LogP contribution < -0.4 is 4.74 Å². The molecular formula is C27H33N5O5. The van der Waals surface area contributed by atoms with Crippen LogP contribution in [0, 0.1) is 0 Å². The standard InChI is InChI=1S/C27H33N5O5/c1-30(2)15-5-6-16-36-27(35)21-10-7-11-24(22(21)18-33)37-19-20-9-8-13-28-26(20)23-12-14-29-32(23)25(34)17-31(3)4/h7-14,18H,5-6,15-17,19H2,1-4H3. The Kier molecular flexibility index (Phi) is 10.0. The van der Waals surface area contributed by atoms with Crippen LogP contribution in [0.25, 0.3) is 11.4 Å². The predicted octanol–water partition coefficient (Wildman–Crippen LogP) is 3.04. The van der Waals surface area contributed by atoms with Gasteiger partial charge in [-0.2, -0.15) is 9.78 Å². The maximum atomic E-state index is 12.6. The number of ether oxygens (including phenoxy) is 2. The molecule has 0 saturated carbocycles. The van der Waals surface area contributed by atoms with Crippen molar-refractivity contribution >= 4 is 18.2 Å². The molecule has 0 spiro atoms. The molecule has 0 radical (unpaired) electrons. The number of rotatable bonds is 13. The molecule has 10 nitrogen and oxygen atoms in total. The molecule has 0 aliphatic heterocycles. The fraction of sp³-hybridized carbons (Fsp3) is 0.370. The Balaban J connectivity index is 1.75. The van der Waals surface area contributed by atoms with Crippen molar-refractivity contribution in [3.05, 3.63) is 65.5 Å². The van der Waals surface area contributed by atoms with E-state index in [1.165, 1.54) is 4.68 Å². The topological polar surface area (TPSA) is 107 Å². The van der Waals surface area contributed by atoms with E-state index in [1.54, 1.807) is 61.7 Å². The van der Waals surface area contributed by atoms with Gasteiger partial charge < -0.3 is 19.3 Å². The monoisotopic (exact) mass is 507 g/mol. The molecule has 2 aromatic heterocycles. The van der Waals surface area contributed by atoms with Crippen molar-refractivity contribution in [3.63, 3.8) is 0 Å². The first-order chi connectivity index (χ1) is 17.8. The van der Waals surface area contributed by atoms with Crippen molar-refractivity contribution < 1.29 is 23.9 Å². The molecule has 3 aromatic rings. The van der Waals surface area contributed by atoms with Crippen molar-refractivity contribution in [1.82, 2.24) is 24.6 Å². The molecule has 0 aliphatic carbocycles. The number of unbranched alkanes of at least 4 members (excludes halogenated alkanes) is 1. The lowest BCUT2D eigenvalue weighted by Gasteiger charge is -2.15. The number of benzene rings is 1. The Labute approximate surface area is 216 Å². The summed E-state index contributed by atoms with van der Waals surface area (Å²) in [5, 5.41) is 4.17. The van der Waals surface area contributed by atoms with E-state index in [9.17, 15) is 14.4 Å². The van der Waals surface area contributed by atoms with Gasteiger partial charge in [0, 0.05) is 11.8 Å². The molecule has 2 heterocycles. The zero-order valence-electron chi connectivity index (χ0n) is 21.7. The van der Waals surface area contributed by atoms with Gasteiger partial charge >= 0.3 is 5.97 Å². The molecule has 0 atom stereocenters. The summed E-state index contributed by atoms with van der Waals surface area (Å²) in [6, 6.07) is 10.1. The summed E-state index contributed by atoms with van der Waals surface area (Å²) in [5.74, 6) is -0.509. The van der Waals surface area contributed by atoms with Gasteiger partial charge in [-0.3, -0.25) is 14.6 Å². The average molecular weight is 508 g/mol. The van der Waals surface area contributed by atoms with E-state index in [4.69, 9.17) is 9.47 Å². The average Bonchev–Trinajstić information content (AvgIpc) is 3.36. The number of carbonyl (C=O) groups is 3. The van der Waals surface area contributed by atoms with Crippen molar-refractivity contribution in [1.29, 1.82) is 0 Å². The molecule has 0 unspecified atom stereocenters. The van der Waals surface area contributed by atoms with Crippen molar-refractivity contribution in [2.45, 2.75) is 19.4 Å². The fourth-order valence-corrected chi connectivity index (χ4v) is 3.70. The number of aldehydes is 1. The Morgan fingerprint density at radius 1 is 1.00 bits per heavy atom. The highest BCUT2D eigenvalue weighted by Crippen LogP contribution is 2.26. The van der Waals surface area contributed by atoms with Crippen LogP contribution in [-0.2, 0) is 11.3 Å². The largest absolute Gasteiger partial charge is 0.488 e. The van der Waals surface area contributed by atoms with Crippen LogP contribution in [0.1, 0.15) is 43.9 Å². The summed E-state index contributed by atoms with van der Waals surface area (Å²) in [7, 11) is 7.59. The normalized spacial score (nSPS) is 11.1. The molecule has 196 valence electrons. The third-order valence-corrected chi connectivity index (χ3v) is 5.48. The molecule has 0 fully saturated rings. The van der Waals surface area contributed by atoms with E-state index in [1.807, 2.05) is 20.2 Å². The van der Waals surface area contributed by atoms with E-state index >= 15 is 0 Å². The number of nitrogens with zero attached hydrogens (tertiary/aromatic N) is 5. The molecule has 0 saturated heterocycles. The summed E-state index contributed by atoms with van der Waals surface area (Å²) in [5.41, 5.74) is 2.03. The van der Waals surface area contributed by atoms with Gasteiger partial charge in [0.15, 0.2) is 6.29 Å². The Bertz CT molecular complexity index is 1220. The van der Waals surface area contributed by atoms with Crippen LogP contribution in [0.5, 0.6) is 5.75 Å². The van der Waals surface area contributed by atoms with Crippen LogP contribution in [-0.4, -0.2) is 90.6 Å². The number of carbonyl (C=O) groups excluding carboxylic acids is 3. The Morgan fingerprint density at radius 2 is 1.81 bits per heavy atom. The van der Waals surface area contributed by atoms with E-state index < -0.39 is 5.97 Å². The summed E-state index contributed by atoms with van der Waals surface area (Å²) in [6.45, 7) is 1.42. The summed E-state index contributed by atoms with van der Waals surface area (Å²) >= 11 is 0. The number of aromatic nitrogens is 3. The minimum absolute atomic E-state index is 0.0557. The molecule has 0 bridgehead atoms. The zero-order valence-corrected chi connectivity index (χ0v) is 21.7. The van der Waals surface area contributed by atoms with Crippen LogP contribution in [0.3, 0.4) is 0 Å². The Morgan fingerprint density at radius 3 is 2.54 bits per heavy atom. The van der Waals surface area contributed by atoms with Crippen molar-refractivity contribution in [2.75, 3.05) is 47.9 Å². The zero-order chi connectivity index (χ0) is 26.8. The molecule has 0 aliphatic rings. The van der Waals surface area contributed by atoms with Crippen molar-refractivity contribution in [3.8, 4) is 17.1 Å². The second-order valence-corrected chi connectivity index (χ2v) is 9.04. The molecule has 0 amide bonds. The van der Waals surface area contributed by atoms with E-state index in [-0.39, 0.29) is 42.5 Å². The SMILES string of the molecule is CN(C)CCCCOC(=O)c1cccc(OCc2cccnc2-c2ccnn2C(=O)CN(C)C)c1C=O. The van der Waals surface area contributed by atoms with E-state index in [0.717, 1.165) is 19.4 Å². The van der Waals surface area contributed by atoms with Gasteiger partial charge in [0.2, 0.25) is 0 Å². The van der Waals surface area contributed by atoms with E-state index in [0.29, 0.717) is 23.2 Å². The molecule has 1 aromatic carbocycles. The quantitative estimate of drug-likeness (QED) is 0.196. The van der Waals surface area contributed by atoms with Crippen molar-refractivity contribution in [2.24, 2.45) is 0 Å². The highest BCUT2D eigenvalue weighted by molar-refractivity contribution is 6.00. The van der Waals surface area contributed by atoms with Gasteiger partial charge in [0.05, 0.1) is 41.9 Å². The van der Waals surface area contributed by atoms with Crippen LogP contribution >= 0.6 is 0 Å². The fourth-order valence-electron chi connectivity index (χ4n) is 3.70. The maximum absolute atomic E-state index is 12.6. The minimum Gasteiger partial charge on any atom is -0.488 e. The van der Waals surface area contributed by atoms with E-state index in [2.05, 4.69) is 15.0 Å². The third kappa shape index (κ3) is 7.55. The van der Waals surface area contributed by atoms with Gasteiger partial charge in [-0.25, -0.2) is 4.79 Å². The molecule has 0 N–H and O–H groups in total. The molecule has 10 heteroatoms. The van der Waals surface area contributed by atoms with Crippen LogP contribution in [0.15, 0.2) is 48.8 Å². The summed E-state index contributed by atoms with van der Waals surface area (Å²) in [4.78, 5) is 45.5. The van der Waals surface area contributed by atoms with Gasteiger partial charge in [-0.1, -0.05) is 12.1 Å². The highest BCUT2D eigenvalue weighted by atomic mass is 16.5. The lowest BCUT2D eigenvalue weighted by atomic mass is 10.1. The summed E-state index contributed by atoms with van der Waals surface area (Å²) in [6.07, 6.45) is 5.39. The summed E-state index contributed by atoms with van der Waals surface area (Å²) < 4.78 is 12.7. The van der Waals surface area contributed by atoms with Gasteiger partial charge in [0.1, 0.15) is 12.4 Å². The number of hydrogen-bond donors (Lipinski definition) is 0. The van der Waals surface area contributed by atoms with Crippen LogP contribution in [0.4, 0.5) is 0 Å². The second-order valence-electron chi connectivity index (χ2n) is 9.04. The molecule has 3 rings (SSSR count). The van der Waals surface area contributed by atoms with Crippen LogP contribution in [0.2, 0.25) is 0 Å². The molecular weight excluding hydrogens is 474 g/mol. The minimum atomic E-state index is -0.567. The van der Waals surface area contributed by atoms with Gasteiger partial charge in [0.25, 0.3) is 5.91 Å². The van der Waals surface area contributed by atoms with Gasteiger partial charge in [-0.05, 0) is 71.8 Å². The first kappa shape index (κ1) is 27.7. The molecule has 37 heavy (non-hydrogen) atoms. The Hall–Kier alpha value is -3.89. The van der Waals surface area contributed by atoms with Gasteiger partial charge in [-0.15, -0.1) is 0 Å². The lowest BCUT2D eigenvalue weighted by Crippen LogP contribution is -2.27. The number of likely N-dealkylation sites (N-methyl/N-ethyl adjacent to an activating group) is 1. The number of esters is 1. The number of hydrogen-bond acceptors (Lipinski definition) is 9. The third-order valence-electron chi connectivity index (χ3n) is 5.48. The second kappa shape index (κ2) is 13.4. The number of pyridine rings is 1.